The number of carbonyl (C=O) groups is 1. The smallest absolute Gasteiger partial charge is 0.354 e. The average molecular weight is 580 g/mol. The Hall–Kier alpha value is -3.04. The van der Waals surface area contributed by atoms with Crippen molar-refractivity contribution in [3.8, 4) is 16.9 Å². The first kappa shape index (κ1) is 23.2. The van der Waals surface area contributed by atoms with Crippen LogP contribution in [0.5, 0.6) is 0 Å². The normalized spacial score (nSPS) is 9.83. The van der Waals surface area contributed by atoms with Gasteiger partial charge in [-0.25, -0.2) is 9.78 Å². The topological polar surface area (TPSA) is 68.0 Å². The molecule has 4 aromatic rings. The summed E-state index contributed by atoms with van der Waals surface area (Å²) in [5.41, 5.74) is 7.13. The Morgan fingerprint density at radius 1 is 0.967 bits per heavy atom. The second-order valence-electron chi connectivity index (χ2n) is 6.71. The monoisotopic (exact) mass is 579 g/mol. The van der Waals surface area contributed by atoms with Gasteiger partial charge in [-0.3, -0.25) is 0 Å². The minimum Gasteiger partial charge on any atom is -0.477 e. The SMILES string of the molecule is Cc1cc(C)c(-n2c[c-]c(-c3ccccn3)c2)c(C)c1.O=C(O)c1ccccn1.[Pt]. The van der Waals surface area contributed by atoms with Gasteiger partial charge < -0.3 is 14.7 Å². The molecule has 0 bridgehead atoms. The van der Waals surface area contributed by atoms with Crippen LogP contribution in [0.4, 0.5) is 0 Å². The van der Waals surface area contributed by atoms with Gasteiger partial charge in [0, 0.05) is 39.1 Å². The van der Waals surface area contributed by atoms with E-state index in [0.717, 1.165) is 11.3 Å². The Kier molecular flexibility index (Phi) is 8.25. The summed E-state index contributed by atoms with van der Waals surface area (Å²) in [6.07, 6.45) is 7.33. The van der Waals surface area contributed by atoms with E-state index in [1.807, 2.05) is 30.6 Å². The van der Waals surface area contributed by atoms with Crippen molar-refractivity contribution in [2.75, 3.05) is 0 Å². The van der Waals surface area contributed by atoms with Gasteiger partial charge in [-0.15, -0.1) is 5.56 Å². The summed E-state index contributed by atoms with van der Waals surface area (Å²) in [7, 11) is 0. The fourth-order valence-corrected chi connectivity index (χ4v) is 3.21. The molecule has 0 unspecified atom stereocenters. The van der Waals surface area contributed by atoms with Crippen molar-refractivity contribution in [1.29, 1.82) is 0 Å². The third-order valence-corrected chi connectivity index (χ3v) is 4.35. The number of hydrogen-bond acceptors (Lipinski definition) is 3. The molecule has 0 aliphatic heterocycles. The molecule has 0 atom stereocenters. The molecule has 4 rings (SSSR count). The maximum Gasteiger partial charge on any atom is 0.354 e. The van der Waals surface area contributed by atoms with E-state index in [-0.39, 0.29) is 26.8 Å². The van der Waals surface area contributed by atoms with E-state index in [1.54, 1.807) is 12.1 Å². The van der Waals surface area contributed by atoms with Crippen molar-refractivity contribution in [3.05, 3.63) is 102 Å². The van der Waals surface area contributed by atoms with Crippen LogP contribution in [-0.2, 0) is 21.1 Å². The molecule has 6 heteroatoms. The molecule has 0 spiro atoms. The first-order valence-electron chi connectivity index (χ1n) is 9.19. The fraction of sp³-hybridized carbons (Fsp3) is 0.125. The first-order chi connectivity index (χ1) is 14.0. The number of carboxylic acid groups (broad SMARTS) is 1. The molecule has 30 heavy (non-hydrogen) atoms. The number of pyridine rings is 2. The van der Waals surface area contributed by atoms with E-state index < -0.39 is 5.97 Å². The standard InChI is InChI=1S/C18H17N2.C6H5NO2.Pt/c1-13-10-14(2)18(15(3)11-13)20-9-7-16(12-20)17-6-4-5-8-19-17;8-6(9)5-3-1-2-4-7-5;/h4-6,8-12H,1-3H3;1-4H,(H,8,9);/q-1;;. The van der Waals surface area contributed by atoms with Crippen LogP contribution in [0.25, 0.3) is 16.9 Å². The summed E-state index contributed by atoms with van der Waals surface area (Å²) in [6.45, 7) is 6.43. The van der Waals surface area contributed by atoms with Crippen molar-refractivity contribution >= 4 is 5.97 Å². The molecule has 0 saturated carbocycles. The predicted molar refractivity (Wildman–Crippen MR) is 113 cm³/mol. The molecule has 5 nitrogen and oxygen atoms in total. The second kappa shape index (κ2) is 10.7. The first-order valence-corrected chi connectivity index (χ1v) is 9.19. The molecule has 156 valence electrons. The van der Waals surface area contributed by atoms with Gasteiger partial charge in [0.15, 0.2) is 0 Å². The number of nitrogens with zero attached hydrogens (tertiary/aromatic N) is 3. The van der Waals surface area contributed by atoms with Gasteiger partial charge in [-0.1, -0.05) is 48.3 Å². The number of aromatic nitrogens is 3. The minimum absolute atomic E-state index is 0. The third kappa shape index (κ3) is 5.74. The molecule has 3 aromatic heterocycles. The fourth-order valence-electron chi connectivity index (χ4n) is 3.21. The molecule has 1 aromatic carbocycles. The molecular formula is C24H22N3O2Pt-. The van der Waals surface area contributed by atoms with Gasteiger partial charge in [-0.05, 0) is 55.8 Å². The predicted octanol–water partition coefficient (Wildman–Crippen LogP) is 5.04. The third-order valence-electron chi connectivity index (χ3n) is 4.35. The quantitative estimate of drug-likeness (QED) is 0.346. The molecule has 1 N–H and O–H groups in total. The molecular weight excluding hydrogens is 557 g/mol. The van der Waals surface area contributed by atoms with Gasteiger partial charge in [0.05, 0.1) is 0 Å². The Morgan fingerprint density at radius 2 is 1.60 bits per heavy atom. The summed E-state index contributed by atoms with van der Waals surface area (Å²) in [5, 5.41) is 8.32. The minimum atomic E-state index is -0.990. The summed E-state index contributed by atoms with van der Waals surface area (Å²) < 4.78 is 2.13. The van der Waals surface area contributed by atoms with Crippen molar-refractivity contribution in [2.24, 2.45) is 0 Å². The second-order valence-corrected chi connectivity index (χ2v) is 6.71. The van der Waals surface area contributed by atoms with Gasteiger partial charge in [-0.2, -0.15) is 6.07 Å². The number of benzene rings is 1. The molecule has 0 saturated heterocycles. The van der Waals surface area contributed by atoms with E-state index in [9.17, 15) is 4.79 Å². The number of rotatable bonds is 3. The van der Waals surface area contributed by atoms with Crippen LogP contribution in [0.1, 0.15) is 27.2 Å². The van der Waals surface area contributed by atoms with Crippen LogP contribution < -0.4 is 0 Å². The molecule has 0 amide bonds. The van der Waals surface area contributed by atoms with Crippen LogP contribution in [0, 0.1) is 26.8 Å². The van der Waals surface area contributed by atoms with Gasteiger partial charge in [0.25, 0.3) is 0 Å². The van der Waals surface area contributed by atoms with E-state index in [1.165, 1.54) is 34.6 Å². The van der Waals surface area contributed by atoms with Crippen LogP contribution in [0.15, 0.2) is 73.3 Å². The Morgan fingerprint density at radius 3 is 2.10 bits per heavy atom. The average Bonchev–Trinajstić information content (AvgIpc) is 3.19. The van der Waals surface area contributed by atoms with E-state index in [2.05, 4.69) is 59.7 Å². The molecule has 0 aliphatic rings. The Labute approximate surface area is 190 Å². The molecule has 0 radical (unpaired) electrons. The maximum absolute atomic E-state index is 10.1. The largest absolute Gasteiger partial charge is 0.477 e. The van der Waals surface area contributed by atoms with Crippen LogP contribution in [0.3, 0.4) is 0 Å². The van der Waals surface area contributed by atoms with Gasteiger partial charge in [0.1, 0.15) is 5.69 Å². The number of carboxylic acids is 1. The Bertz CT molecular complexity index is 1090. The number of aromatic carboxylic acids is 1. The van der Waals surface area contributed by atoms with Crippen LogP contribution >= 0.6 is 0 Å². The summed E-state index contributed by atoms with van der Waals surface area (Å²) in [5.74, 6) is -0.990. The number of aryl methyl sites for hydroxylation is 3. The van der Waals surface area contributed by atoms with E-state index >= 15 is 0 Å². The van der Waals surface area contributed by atoms with Crippen molar-refractivity contribution in [2.45, 2.75) is 20.8 Å². The number of hydrogen-bond donors (Lipinski definition) is 1. The van der Waals surface area contributed by atoms with Crippen molar-refractivity contribution in [3.63, 3.8) is 0 Å². The summed E-state index contributed by atoms with van der Waals surface area (Å²) >= 11 is 0. The Balaban J connectivity index is 0.000000272. The molecule has 0 fully saturated rings. The van der Waals surface area contributed by atoms with Crippen molar-refractivity contribution < 1.29 is 31.0 Å². The molecule has 3 heterocycles. The zero-order valence-corrected chi connectivity index (χ0v) is 19.2. The zero-order chi connectivity index (χ0) is 20.8. The zero-order valence-electron chi connectivity index (χ0n) is 16.9. The van der Waals surface area contributed by atoms with Crippen LogP contribution in [-0.4, -0.2) is 25.6 Å². The van der Waals surface area contributed by atoms with Crippen LogP contribution in [0.2, 0.25) is 0 Å². The molecule has 0 aliphatic carbocycles. The maximum atomic E-state index is 10.1. The van der Waals surface area contributed by atoms with Gasteiger partial charge in [0.2, 0.25) is 0 Å². The summed E-state index contributed by atoms with van der Waals surface area (Å²) in [6, 6.07) is 18.4. The van der Waals surface area contributed by atoms with E-state index in [4.69, 9.17) is 5.11 Å². The summed E-state index contributed by atoms with van der Waals surface area (Å²) in [4.78, 5) is 18.1. The van der Waals surface area contributed by atoms with E-state index in [0.29, 0.717) is 0 Å². The van der Waals surface area contributed by atoms with Gasteiger partial charge >= 0.3 is 5.97 Å². The van der Waals surface area contributed by atoms with Crippen molar-refractivity contribution in [1.82, 2.24) is 14.5 Å².